The van der Waals surface area contributed by atoms with Crippen LogP contribution in [0.2, 0.25) is 0 Å². The SMILES string of the molecule is O=C(C1COCCN1)N1CCN(C2CC2)C(=O)C1. The Kier molecular flexibility index (Phi) is 3.22. The molecule has 1 saturated carbocycles. The Hall–Kier alpha value is -1.14. The standard InChI is InChI=1S/C12H19N3O3/c16-11-7-14(4-5-15(11)9-1-2-9)12(17)10-8-18-6-3-13-10/h9-10,13H,1-8H2. The van der Waals surface area contributed by atoms with E-state index in [1.54, 1.807) is 4.90 Å². The summed E-state index contributed by atoms with van der Waals surface area (Å²) in [6.45, 7) is 3.33. The molecule has 0 aromatic rings. The topological polar surface area (TPSA) is 61.9 Å². The molecule has 0 radical (unpaired) electrons. The van der Waals surface area contributed by atoms with E-state index in [0.29, 0.717) is 38.9 Å². The molecule has 1 atom stereocenters. The summed E-state index contributed by atoms with van der Waals surface area (Å²) in [5.74, 6) is 0.0901. The molecule has 2 amide bonds. The number of ether oxygens (including phenoxy) is 1. The number of nitrogens with zero attached hydrogens (tertiary/aromatic N) is 2. The number of nitrogens with one attached hydrogen (secondary N) is 1. The molecule has 2 aliphatic heterocycles. The molecule has 0 aromatic carbocycles. The van der Waals surface area contributed by atoms with Crippen LogP contribution in [0.4, 0.5) is 0 Å². The summed E-state index contributed by atoms with van der Waals surface area (Å²) < 4.78 is 5.28. The van der Waals surface area contributed by atoms with Gasteiger partial charge in [-0.3, -0.25) is 9.59 Å². The number of rotatable bonds is 2. The van der Waals surface area contributed by atoms with Crippen LogP contribution in [0, 0.1) is 0 Å². The summed E-state index contributed by atoms with van der Waals surface area (Å²) in [5.41, 5.74) is 0. The van der Waals surface area contributed by atoms with Gasteiger partial charge in [0.05, 0.1) is 19.8 Å². The molecule has 2 heterocycles. The zero-order chi connectivity index (χ0) is 12.5. The van der Waals surface area contributed by atoms with Gasteiger partial charge in [-0.05, 0) is 12.8 Å². The third kappa shape index (κ3) is 2.35. The molecule has 18 heavy (non-hydrogen) atoms. The van der Waals surface area contributed by atoms with Gasteiger partial charge in [0.15, 0.2) is 0 Å². The Morgan fingerprint density at radius 2 is 2.17 bits per heavy atom. The average molecular weight is 253 g/mol. The molecule has 3 fully saturated rings. The van der Waals surface area contributed by atoms with Crippen molar-refractivity contribution < 1.29 is 14.3 Å². The maximum Gasteiger partial charge on any atom is 0.242 e. The maximum atomic E-state index is 12.2. The van der Waals surface area contributed by atoms with Crippen molar-refractivity contribution in [2.45, 2.75) is 24.9 Å². The first-order valence-electron chi connectivity index (χ1n) is 6.65. The van der Waals surface area contributed by atoms with Gasteiger partial charge in [-0.2, -0.15) is 0 Å². The van der Waals surface area contributed by atoms with E-state index in [4.69, 9.17) is 4.74 Å². The van der Waals surface area contributed by atoms with Gasteiger partial charge in [-0.1, -0.05) is 0 Å². The van der Waals surface area contributed by atoms with E-state index in [2.05, 4.69) is 5.32 Å². The van der Waals surface area contributed by atoms with Crippen LogP contribution >= 0.6 is 0 Å². The highest BCUT2D eigenvalue weighted by Gasteiger charge is 2.38. The first kappa shape index (κ1) is 11.9. The van der Waals surface area contributed by atoms with Gasteiger partial charge in [0, 0.05) is 25.7 Å². The lowest BCUT2D eigenvalue weighted by molar-refractivity contribution is -0.148. The Bertz CT molecular complexity index is 350. The highest BCUT2D eigenvalue weighted by molar-refractivity contribution is 5.89. The minimum atomic E-state index is -0.279. The number of hydrogen-bond donors (Lipinski definition) is 1. The molecule has 100 valence electrons. The fourth-order valence-electron chi connectivity index (χ4n) is 2.59. The number of carbonyl (C=O) groups excluding carboxylic acids is 2. The fourth-order valence-corrected chi connectivity index (χ4v) is 2.59. The summed E-state index contributed by atoms with van der Waals surface area (Å²) in [6.07, 6.45) is 2.25. The van der Waals surface area contributed by atoms with Crippen LogP contribution in [-0.2, 0) is 14.3 Å². The van der Waals surface area contributed by atoms with Gasteiger partial charge in [-0.25, -0.2) is 0 Å². The van der Waals surface area contributed by atoms with Crippen LogP contribution in [0.1, 0.15) is 12.8 Å². The predicted octanol–water partition coefficient (Wildman–Crippen LogP) is -1.19. The number of amides is 2. The fraction of sp³-hybridized carbons (Fsp3) is 0.833. The Morgan fingerprint density at radius 3 is 2.78 bits per heavy atom. The smallest absolute Gasteiger partial charge is 0.242 e. The van der Waals surface area contributed by atoms with Crippen LogP contribution in [-0.4, -0.2) is 73.1 Å². The molecule has 6 nitrogen and oxygen atoms in total. The van der Waals surface area contributed by atoms with Gasteiger partial charge in [0.1, 0.15) is 6.04 Å². The Morgan fingerprint density at radius 1 is 1.33 bits per heavy atom. The monoisotopic (exact) mass is 253 g/mol. The van der Waals surface area contributed by atoms with E-state index < -0.39 is 0 Å². The second kappa shape index (κ2) is 4.85. The van der Waals surface area contributed by atoms with E-state index in [9.17, 15) is 9.59 Å². The Labute approximate surface area is 106 Å². The number of morpholine rings is 1. The molecular weight excluding hydrogens is 234 g/mol. The lowest BCUT2D eigenvalue weighted by atomic mass is 10.2. The quantitative estimate of drug-likeness (QED) is 0.672. The van der Waals surface area contributed by atoms with E-state index in [1.165, 1.54) is 0 Å². The number of carbonyl (C=O) groups is 2. The van der Waals surface area contributed by atoms with Crippen molar-refractivity contribution in [2.75, 3.05) is 39.4 Å². The van der Waals surface area contributed by atoms with E-state index in [0.717, 1.165) is 12.8 Å². The van der Waals surface area contributed by atoms with E-state index >= 15 is 0 Å². The molecule has 0 bridgehead atoms. The van der Waals surface area contributed by atoms with E-state index in [1.807, 2.05) is 4.90 Å². The minimum Gasteiger partial charge on any atom is -0.378 e. The zero-order valence-electron chi connectivity index (χ0n) is 10.4. The van der Waals surface area contributed by atoms with Crippen molar-refractivity contribution in [3.63, 3.8) is 0 Å². The second-order valence-electron chi connectivity index (χ2n) is 5.16. The van der Waals surface area contributed by atoms with Crippen LogP contribution in [0.3, 0.4) is 0 Å². The second-order valence-corrected chi connectivity index (χ2v) is 5.16. The Balaban J connectivity index is 1.56. The third-order valence-corrected chi connectivity index (χ3v) is 3.78. The highest BCUT2D eigenvalue weighted by Crippen LogP contribution is 2.28. The summed E-state index contributed by atoms with van der Waals surface area (Å²) in [6, 6.07) is 0.171. The number of hydrogen-bond acceptors (Lipinski definition) is 4. The lowest BCUT2D eigenvalue weighted by Gasteiger charge is -2.36. The zero-order valence-corrected chi connectivity index (χ0v) is 10.4. The van der Waals surface area contributed by atoms with Crippen molar-refractivity contribution in [3.05, 3.63) is 0 Å². The summed E-state index contributed by atoms with van der Waals surface area (Å²) in [4.78, 5) is 27.7. The minimum absolute atomic E-state index is 0.00139. The van der Waals surface area contributed by atoms with E-state index in [-0.39, 0.29) is 24.4 Å². The maximum absolute atomic E-state index is 12.2. The largest absolute Gasteiger partial charge is 0.378 e. The van der Waals surface area contributed by atoms with Crippen molar-refractivity contribution >= 4 is 11.8 Å². The van der Waals surface area contributed by atoms with Crippen molar-refractivity contribution in [1.29, 1.82) is 0 Å². The normalized spacial score (nSPS) is 29.6. The van der Waals surface area contributed by atoms with Crippen LogP contribution in [0.15, 0.2) is 0 Å². The van der Waals surface area contributed by atoms with Crippen LogP contribution < -0.4 is 5.32 Å². The number of piperazine rings is 1. The van der Waals surface area contributed by atoms with Crippen LogP contribution in [0.25, 0.3) is 0 Å². The molecule has 0 spiro atoms. The molecule has 1 N–H and O–H groups in total. The summed E-state index contributed by atoms with van der Waals surface area (Å²) >= 11 is 0. The lowest BCUT2D eigenvalue weighted by Crippen LogP contribution is -2.59. The predicted molar refractivity (Wildman–Crippen MR) is 63.9 cm³/mol. The summed E-state index contributed by atoms with van der Waals surface area (Å²) in [7, 11) is 0. The molecule has 2 saturated heterocycles. The average Bonchev–Trinajstić information content (AvgIpc) is 3.23. The third-order valence-electron chi connectivity index (χ3n) is 3.78. The first-order chi connectivity index (χ1) is 8.75. The molecule has 1 unspecified atom stereocenters. The molecule has 3 aliphatic rings. The van der Waals surface area contributed by atoms with Gasteiger partial charge >= 0.3 is 0 Å². The molecule has 1 aliphatic carbocycles. The molecular formula is C12H19N3O3. The first-order valence-corrected chi connectivity index (χ1v) is 6.65. The molecule has 0 aromatic heterocycles. The molecule has 6 heteroatoms. The summed E-state index contributed by atoms with van der Waals surface area (Å²) in [5, 5.41) is 3.14. The van der Waals surface area contributed by atoms with Crippen molar-refractivity contribution in [1.82, 2.24) is 15.1 Å². The van der Waals surface area contributed by atoms with Gasteiger partial charge in [-0.15, -0.1) is 0 Å². The van der Waals surface area contributed by atoms with Crippen molar-refractivity contribution in [2.24, 2.45) is 0 Å². The molecule has 3 rings (SSSR count). The van der Waals surface area contributed by atoms with Gasteiger partial charge in [0.2, 0.25) is 11.8 Å². The highest BCUT2D eigenvalue weighted by atomic mass is 16.5. The van der Waals surface area contributed by atoms with Crippen molar-refractivity contribution in [3.8, 4) is 0 Å². The van der Waals surface area contributed by atoms with Gasteiger partial charge in [0.25, 0.3) is 0 Å². The van der Waals surface area contributed by atoms with Crippen LogP contribution in [0.5, 0.6) is 0 Å². The van der Waals surface area contributed by atoms with Gasteiger partial charge < -0.3 is 19.9 Å².